The fraction of sp³-hybridized carbons (Fsp3) is 0.875. The fourth-order valence-corrected chi connectivity index (χ4v) is 1.10. The second-order valence-corrected chi connectivity index (χ2v) is 3.91. The maximum Gasteiger partial charge on any atom is 0.309 e. The van der Waals surface area contributed by atoms with Gasteiger partial charge >= 0.3 is 5.97 Å². The zero-order valence-corrected chi connectivity index (χ0v) is 7.85. The molecule has 0 amide bonds. The molecule has 0 aromatic carbocycles. The molecule has 1 N–H and O–H groups in total. The Morgan fingerprint density at radius 1 is 1.64 bits per heavy atom. The van der Waals surface area contributed by atoms with Crippen molar-refractivity contribution in [1.82, 2.24) is 0 Å². The second-order valence-electron chi connectivity index (χ2n) is 3.91. The van der Waals surface area contributed by atoms with Gasteiger partial charge in [-0.1, -0.05) is 19.2 Å². The minimum Gasteiger partial charge on any atom is -0.481 e. The number of carboxylic acids is 1. The summed E-state index contributed by atoms with van der Waals surface area (Å²) >= 11 is 0. The minimum absolute atomic E-state index is 0.501. The Morgan fingerprint density at radius 2 is 2.09 bits per heavy atom. The lowest BCUT2D eigenvalue weighted by atomic mass is 9.78. The number of hydrogen-bond donors (Lipinski definition) is 1. The lowest BCUT2D eigenvalue weighted by Gasteiger charge is -2.22. The fourth-order valence-electron chi connectivity index (χ4n) is 1.10. The smallest absolute Gasteiger partial charge is 0.309 e. The van der Waals surface area contributed by atoms with Gasteiger partial charge in [0.25, 0.3) is 0 Å². The highest BCUT2D eigenvalue weighted by Crippen LogP contribution is 2.26. The van der Waals surface area contributed by atoms with Crippen molar-refractivity contribution in [3.63, 3.8) is 0 Å². The topological polar surface area (TPSA) is 37.3 Å². The summed E-state index contributed by atoms with van der Waals surface area (Å²) < 4.78 is 0. The first-order valence-electron chi connectivity index (χ1n) is 4.13. The molecule has 3 heteroatoms. The third-order valence-corrected chi connectivity index (χ3v) is 2.13. The molecular formula is C8H17BO2. The Morgan fingerprint density at radius 3 is 2.36 bits per heavy atom. The highest BCUT2D eigenvalue weighted by atomic mass is 16.4. The van der Waals surface area contributed by atoms with E-state index in [1.165, 1.54) is 0 Å². The van der Waals surface area contributed by atoms with Crippen molar-refractivity contribution in [2.75, 3.05) is 0 Å². The average molecular weight is 156 g/mol. The van der Waals surface area contributed by atoms with Crippen LogP contribution >= 0.6 is 0 Å². The second kappa shape index (κ2) is 3.79. The summed E-state index contributed by atoms with van der Waals surface area (Å²) in [5.41, 5.74) is -0.560. The molecule has 0 aromatic heterocycles. The number of aliphatic carboxylic acids is 1. The van der Waals surface area contributed by atoms with Crippen molar-refractivity contribution in [3.05, 3.63) is 0 Å². The van der Waals surface area contributed by atoms with E-state index in [0.717, 1.165) is 12.7 Å². The van der Waals surface area contributed by atoms with Gasteiger partial charge in [0, 0.05) is 0 Å². The predicted octanol–water partition coefficient (Wildman–Crippen LogP) is 1.17. The van der Waals surface area contributed by atoms with Gasteiger partial charge in [0.05, 0.1) is 5.41 Å². The molecule has 1 unspecified atom stereocenters. The van der Waals surface area contributed by atoms with Crippen LogP contribution in [0.15, 0.2) is 0 Å². The monoisotopic (exact) mass is 156 g/mol. The summed E-state index contributed by atoms with van der Waals surface area (Å²) in [5, 5.41) is 8.79. The van der Waals surface area contributed by atoms with Gasteiger partial charge in [0.1, 0.15) is 7.85 Å². The van der Waals surface area contributed by atoms with E-state index in [-0.39, 0.29) is 0 Å². The van der Waals surface area contributed by atoms with Crippen LogP contribution in [0.4, 0.5) is 0 Å². The van der Waals surface area contributed by atoms with E-state index in [0.29, 0.717) is 5.92 Å². The first-order chi connectivity index (χ1) is 4.90. The molecule has 1 atom stereocenters. The Hall–Kier alpha value is -0.465. The van der Waals surface area contributed by atoms with Gasteiger partial charge in [0.15, 0.2) is 0 Å². The molecule has 0 aliphatic heterocycles. The molecule has 0 radical (unpaired) electrons. The van der Waals surface area contributed by atoms with E-state index in [9.17, 15) is 4.79 Å². The van der Waals surface area contributed by atoms with Crippen LogP contribution in [0.3, 0.4) is 0 Å². The van der Waals surface area contributed by atoms with Gasteiger partial charge in [-0.2, -0.15) is 0 Å². The normalized spacial score (nSPS) is 14.5. The summed E-state index contributed by atoms with van der Waals surface area (Å²) in [6, 6.07) is 0. The van der Waals surface area contributed by atoms with Crippen LogP contribution in [0.1, 0.15) is 27.2 Å². The van der Waals surface area contributed by atoms with Crippen LogP contribution in [-0.4, -0.2) is 18.9 Å². The third kappa shape index (κ3) is 3.45. The molecule has 11 heavy (non-hydrogen) atoms. The van der Waals surface area contributed by atoms with Gasteiger partial charge in [0.2, 0.25) is 0 Å². The van der Waals surface area contributed by atoms with Crippen molar-refractivity contribution in [2.24, 2.45) is 11.3 Å². The van der Waals surface area contributed by atoms with Crippen LogP contribution in [0, 0.1) is 11.3 Å². The van der Waals surface area contributed by atoms with E-state index in [1.807, 2.05) is 0 Å². The summed E-state index contributed by atoms with van der Waals surface area (Å²) in [6.07, 6.45) is 1.82. The summed E-state index contributed by atoms with van der Waals surface area (Å²) in [4.78, 5) is 10.7. The highest BCUT2D eigenvalue weighted by molar-refractivity contribution is 6.08. The summed E-state index contributed by atoms with van der Waals surface area (Å²) in [5.74, 6) is -0.195. The molecule has 0 spiro atoms. The lowest BCUT2D eigenvalue weighted by Crippen LogP contribution is -2.25. The van der Waals surface area contributed by atoms with E-state index < -0.39 is 11.4 Å². The summed E-state index contributed by atoms with van der Waals surface area (Å²) in [6.45, 7) is 5.65. The van der Waals surface area contributed by atoms with Crippen LogP contribution in [0.25, 0.3) is 0 Å². The Labute approximate surface area is 69.4 Å². The molecule has 0 heterocycles. The van der Waals surface area contributed by atoms with Crippen molar-refractivity contribution in [2.45, 2.75) is 33.5 Å². The number of hydrogen-bond acceptors (Lipinski definition) is 1. The first kappa shape index (κ1) is 10.5. The van der Waals surface area contributed by atoms with Gasteiger partial charge in [-0.05, 0) is 20.3 Å². The average Bonchev–Trinajstić information content (AvgIpc) is 1.86. The van der Waals surface area contributed by atoms with Gasteiger partial charge in [-0.3, -0.25) is 4.79 Å². The van der Waals surface area contributed by atoms with Crippen molar-refractivity contribution >= 4 is 13.8 Å². The maximum atomic E-state index is 10.7. The largest absolute Gasteiger partial charge is 0.481 e. The van der Waals surface area contributed by atoms with Crippen LogP contribution in [0.2, 0.25) is 6.32 Å². The quantitative estimate of drug-likeness (QED) is 0.620. The Kier molecular flexibility index (Phi) is 3.63. The molecule has 0 saturated heterocycles. The standard InChI is InChI=1S/C8H17BO2/c1-6(5-9)4-8(2,3)7(10)11/h6H,4-5,9H2,1-3H3,(H,10,11). The molecule has 0 bridgehead atoms. The van der Waals surface area contributed by atoms with Crippen molar-refractivity contribution in [1.29, 1.82) is 0 Å². The van der Waals surface area contributed by atoms with E-state index >= 15 is 0 Å². The van der Waals surface area contributed by atoms with E-state index in [1.54, 1.807) is 13.8 Å². The molecule has 0 aliphatic carbocycles. The lowest BCUT2D eigenvalue weighted by molar-refractivity contribution is -0.147. The highest BCUT2D eigenvalue weighted by Gasteiger charge is 2.28. The molecule has 2 nitrogen and oxygen atoms in total. The van der Waals surface area contributed by atoms with Crippen LogP contribution < -0.4 is 0 Å². The van der Waals surface area contributed by atoms with Gasteiger partial charge < -0.3 is 5.11 Å². The Bertz CT molecular complexity index is 143. The molecule has 0 aromatic rings. The van der Waals surface area contributed by atoms with Crippen LogP contribution in [0.5, 0.6) is 0 Å². The molecular weight excluding hydrogens is 139 g/mol. The SMILES string of the molecule is BCC(C)CC(C)(C)C(=O)O. The minimum atomic E-state index is -0.696. The molecule has 64 valence electrons. The number of rotatable bonds is 4. The van der Waals surface area contributed by atoms with E-state index in [4.69, 9.17) is 5.11 Å². The molecule has 0 fully saturated rings. The molecule has 0 aliphatic rings. The molecule has 0 saturated carbocycles. The van der Waals surface area contributed by atoms with Gasteiger partial charge in [-0.15, -0.1) is 0 Å². The van der Waals surface area contributed by atoms with Crippen molar-refractivity contribution < 1.29 is 9.90 Å². The first-order valence-corrected chi connectivity index (χ1v) is 4.13. The number of carboxylic acid groups (broad SMARTS) is 1. The maximum absolute atomic E-state index is 10.7. The third-order valence-electron chi connectivity index (χ3n) is 2.13. The summed E-state index contributed by atoms with van der Waals surface area (Å²) in [7, 11) is 2.09. The zero-order valence-electron chi connectivity index (χ0n) is 7.85. The zero-order chi connectivity index (χ0) is 9.07. The van der Waals surface area contributed by atoms with Crippen molar-refractivity contribution in [3.8, 4) is 0 Å². The predicted molar refractivity (Wildman–Crippen MR) is 48.5 cm³/mol. The van der Waals surface area contributed by atoms with Crippen LogP contribution in [-0.2, 0) is 4.79 Å². The Balaban J connectivity index is 4.01. The molecule has 0 rings (SSSR count). The van der Waals surface area contributed by atoms with Gasteiger partial charge in [-0.25, -0.2) is 0 Å². The van der Waals surface area contributed by atoms with E-state index in [2.05, 4.69) is 14.8 Å². The number of carbonyl (C=O) groups is 1.